The van der Waals surface area contributed by atoms with E-state index in [0.717, 1.165) is 43.4 Å². The number of hydrogen-bond acceptors (Lipinski definition) is 6. The summed E-state index contributed by atoms with van der Waals surface area (Å²) in [6.07, 6.45) is 4.46. The van der Waals surface area contributed by atoms with Crippen molar-refractivity contribution in [3.63, 3.8) is 0 Å². The summed E-state index contributed by atoms with van der Waals surface area (Å²) >= 11 is 0. The maximum Gasteiger partial charge on any atom is 0.222 e. The quantitative estimate of drug-likeness (QED) is 0.275. The summed E-state index contributed by atoms with van der Waals surface area (Å²) < 4.78 is 16.5. The predicted molar refractivity (Wildman–Crippen MR) is 137 cm³/mol. The Hall–Kier alpha value is -1.83. The number of ether oxygens (including phenoxy) is 3. The second kappa shape index (κ2) is 16.7. The molecule has 0 aliphatic rings. The van der Waals surface area contributed by atoms with Gasteiger partial charge < -0.3 is 30.4 Å². The van der Waals surface area contributed by atoms with Crippen LogP contribution in [0, 0.1) is 17.8 Å². The molecule has 0 bridgehead atoms. The van der Waals surface area contributed by atoms with Crippen molar-refractivity contribution in [2.45, 2.75) is 78.4 Å². The van der Waals surface area contributed by atoms with E-state index in [9.17, 15) is 9.90 Å². The molecule has 1 rings (SSSR count). The Morgan fingerprint density at radius 1 is 1.12 bits per heavy atom. The number of nitrogens with one attached hydrogen (secondary N) is 1. The molecule has 1 aromatic carbocycles. The molecule has 1 unspecified atom stereocenters. The maximum atomic E-state index is 12.3. The summed E-state index contributed by atoms with van der Waals surface area (Å²) in [6, 6.07) is 5.60. The highest BCUT2D eigenvalue weighted by atomic mass is 16.5. The van der Waals surface area contributed by atoms with Gasteiger partial charge in [0.25, 0.3) is 0 Å². The van der Waals surface area contributed by atoms with Crippen LogP contribution in [0.2, 0.25) is 0 Å². The molecule has 0 aromatic heterocycles. The summed E-state index contributed by atoms with van der Waals surface area (Å²) in [5.41, 5.74) is 7.50. The van der Waals surface area contributed by atoms with Crippen molar-refractivity contribution in [2.24, 2.45) is 23.5 Å². The lowest BCUT2D eigenvalue weighted by Gasteiger charge is -2.28. The van der Waals surface area contributed by atoms with Crippen LogP contribution in [0.5, 0.6) is 11.5 Å². The lowest BCUT2D eigenvalue weighted by Crippen LogP contribution is -2.45. The lowest BCUT2D eigenvalue weighted by molar-refractivity contribution is -0.125. The number of methoxy groups -OCH3 is 2. The van der Waals surface area contributed by atoms with Crippen molar-refractivity contribution in [3.05, 3.63) is 23.8 Å². The molecule has 1 amide bonds. The zero-order chi connectivity index (χ0) is 25.5. The molecule has 0 heterocycles. The number of aliphatic hydroxyl groups excluding tert-OH is 1. The highest BCUT2D eigenvalue weighted by Gasteiger charge is 2.24. The molecule has 0 saturated carbocycles. The Kier molecular flexibility index (Phi) is 14.9. The van der Waals surface area contributed by atoms with Crippen molar-refractivity contribution >= 4 is 5.91 Å². The third-order valence-corrected chi connectivity index (χ3v) is 6.41. The zero-order valence-electron chi connectivity index (χ0n) is 22.1. The predicted octanol–water partition coefficient (Wildman–Crippen LogP) is 3.95. The van der Waals surface area contributed by atoms with Crippen LogP contribution in [0.25, 0.3) is 0 Å². The van der Waals surface area contributed by atoms with Gasteiger partial charge in [0.05, 0.1) is 19.8 Å². The number of benzene rings is 1. The minimum Gasteiger partial charge on any atom is -0.493 e. The highest BCUT2D eigenvalue weighted by Crippen LogP contribution is 2.31. The molecule has 4 N–H and O–H groups in total. The van der Waals surface area contributed by atoms with Crippen LogP contribution in [-0.4, -0.2) is 57.1 Å². The van der Waals surface area contributed by atoms with Crippen LogP contribution in [0.15, 0.2) is 18.2 Å². The molecular formula is C27H48N2O5. The van der Waals surface area contributed by atoms with Crippen molar-refractivity contribution in [1.82, 2.24) is 5.32 Å². The fraction of sp³-hybridized carbons (Fsp3) is 0.741. The van der Waals surface area contributed by atoms with E-state index in [0.29, 0.717) is 31.3 Å². The number of aliphatic hydroxyl groups is 1. The Bertz CT molecular complexity index is 698. The largest absolute Gasteiger partial charge is 0.493 e. The second-order valence-corrected chi connectivity index (χ2v) is 9.64. The van der Waals surface area contributed by atoms with Crippen molar-refractivity contribution in [1.29, 1.82) is 0 Å². The summed E-state index contributed by atoms with van der Waals surface area (Å²) in [5.74, 6) is 2.03. The van der Waals surface area contributed by atoms with Gasteiger partial charge in [0.15, 0.2) is 11.5 Å². The van der Waals surface area contributed by atoms with Crippen molar-refractivity contribution < 1.29 is 24.1 Å². The van der Waals surface area contributed by atoms with Crippen molar-refractivity contribution in [3.8, 4) is 11.5 Å². The standard InChI is InChI=1S/C27H48N2O5/c1-7-8-10-20(4)27(31)29-18-24(30)23(28)17-22(19(2)3)15-21-11-12-25(33-6)26(16-21)34-14-9-13-32-5/h11-12,16,19-20,22-24,30H,7-10,13-15,17-18,28H2,1-6H3,(H,29,31)/t20?,22-,23-,24-/m0/s1. The molecule has 0 radical (unpaired) electrons. The van der Waals surface area contributed by atoms with Crippen LogP contribution in [-0.2, 0) is 16.0 Å². The molecule has 0 fully saturated rings. The van der Waals surface area contributed by atoms with Gasteiger partial charge in [-0.2, -0.15) is 0 Å². The fourth-order valence-electron chi connectivity index (χ4n) is 3.92. The average molecular weight is 481 g/mol. The van der Waals surface area contributed by atoms with Gasteiger partial charge in [0.2, 0.25) is 5.91 Å². The second-order valence-electron chi connectivity index (χ2n) is 9.64. The Morgan fingerprint density at radius 3 is 2.47 bits per heavy atom. The van der Waals surface area contributed by atoms with Gasteiger partial charge in [0.1, 0.15) is 0 Å². The van der Waals surface area contributed by atoms with Gasteiger partial charge in [-0.3, -0.25) is 4.79 Å². The average Bonchev–Trinajstić information content (AvgIpc) is 2.82. The first kappa shape index (κ1) is 30.2. The maximum absolute atomic E-state index is 12.3. The van der Waals surface area contributed by atoms with Gasteiger partial charge in [0, 0.05) is 38.6 Å². The number of unbranched alkanes of at least 4 members (excludes halogenated alkanes) is 1. The number of amides is 1. The SMILES string of the molecule is CCCCC(C)C(=O)NC[C@H](O)[C@@H](N)C[C@H](Cc1ccc(OC)c(OCCCOC)c1)C(C)C. The van der Waals surface area contributed by atoms with Crippen LogP contribution in [0.1, 0.15) is 65.4 Å². The third-order valence-electron chi connectivity index (χ3n) is 6.41. The zero-order valence-corrected chi connectivity index (χ0v) is 22.1. The van der Waals surface area contributed by atoms with Crippen LogP contribution >= 0.6 is 0 Å². The first-order valence-corrected chi connectivity index (χ1v) is 12.7. The van der Waals surface area contributed by atoms with E-state index < -0.39 is 12.1 Å². The molecule has 1 aromatic rings. The van der Waals surface area contributed by atoms with E-state index in [2.05, 4.69) is 32.2 Å². The molecule has 0 aliphatic carbocycles. The first-order valence-electron chi connectivity index (χ1n) is 12.7. The molecule has 0 saturated heterocycles. The van der Waals surface area contributed by atoms with Gasteiger partial charge in [-0.05, 0) is 48.8 Å². The number of carbonyl (C=O) groups excluding carboxylic acids is 1. The molecule has 0 aliphatic heterocycles. The van der Waals surface area contributed by atoms with Crippen molar-refractivity contribution in [2.75, 3.05) is 34.0 Å². The Labute approximate surface area is 206 Å². The van der Waals surface area contributed by atoms with E-state index in [4.69, 9.17) is 19.9 Å². The minimum absolute atomic E-state index is 0.0172. The fourth-order valence-corrected chi connectivity index (χ4v) is 3.92. The summed E-state index contributed by atoms with van der Waals surface area (Å²) in [7, 11) is 3.31. The van der Waals surface area contributed by atoms with Gasteiger partial charge >= 0.3 is 0 Å². The summed E-state index contributed by atoms with van der Waals surface area (Å²) in [5, 5.41) is 13.5. The highest BCUT2D eigenvalue weighted by molar-refractivity contribution is 5.78. The smallest absolute Gasteiger partial charge is 0.222 e. The van der Waals surface area contributed by atoms with Gasteiger partial charge in [-0.15, -0.1) is 0 Å². The lowest BCUT2D eigenvalue weighted by atomic mass is 9.83. The van der Waals surface area contributed by atoms with Gasteiger partial charge in [-0.25, -0.2) is 0 Å². The van der Waals surface area contributed by atoms with E-state index in [1.807, 2.05) is 19.1 Å². The number of nitrogens with two attached hydrogens (primary N) is 1. The van der Waals surface area contributed by atoms with E-state index in [1.165, 1.54) is 0 Å². The van der Waals surface area contributed by atoms with Crippen LogP contribution < -0.4 is 20.5 Å². The minimum atomic E-state index is -0.779. The molecule has 196 valence electrons. The monoisotopic (exact) mass is 480 g/mol. The normalized spacial score (nSPS) is 15.0. The topological polar surface area (TPSA) is 103 Å². The number of rotatable bonds is 18. The molecular weight excluding hydrogens is 432 g/mol. The third kappa shape index (κ3) is 11.1. The molecule has 7 heteroatoms. The molecule has 7 nitrogen and oxygen atoms in total. The van der Waals surface area contributed by atoms with Gasteiger partial charge in [-0.1, -0.05) is 46.6 Å². The number of hydrogen-bond donors (Lipinski definition) is 3. The summed E-state index contributed by atoms with van der Waals surface area (Å²) in [4.78, 5) is 12.3. The Balaban J connectivity index is 2.69. The van der Waals surface area contributed by atoms with E-state index in [-0.39, 0.29) is 24.3 Å². The molecule has 0 spiro atoms. The molecule has 4 atom stereocenters. The molecule has 34 heavy (non-hydrogen) atoms. The van der Waals surface area contributed by atoms with E-state index in [1.54, 1.807) is 14.2 Å². The Morgan fingerprint density at radius 2 is 1.85 bits per heavy atom. The van der Waals surface area contributed by atoms with E-state index >= 15 is 0 Å². The number of carbonyl (C=O) groups is 1. The van der Waals surface area contributed by atoms with Crippen LogP contribution in [0.4, 0.5) is 0 Å². The summed E-state index contributed by atoms with van der Waals surface area (Å²) in [6.45, 7) is 9.78. The van der Waals surface area contributed by atoms with Crippen LogP contribution in [0.3, 0.4) is 0 Å². The first-order chi connectivity index (χ1) is 16.2.